The minimum Gasteiger partial charge on any atom is -0.493 e. The van der Waals surface area contributed by atoms with Crippen LogP contribution >= 0.6 is 11.3 Å². The van der Waals surface area contributed by atoms with Crippen LogP contribution in [0.4, 0.5) is 0 Å². The maximum atomic E-state index is 12.6. The van der Waals surface area contributed by atoms with Crippen LogP contribution in [0.2, 0.25) is 0 Å². The zero-order chi connectivity index (χ0) is 18.5. The number of morpholine rings is 1. The maximum absolute atomic E-state index is 12.6. The zero-order valence-electron chi connectivity index (χ0n) is 14.4. The molecule has 2 aromatic rings. The first-order valence-corrected chi connectivity index (χ1v) is 8.79. The van der Waals surface area contributed by atoms with E-state index in [-0.39, 0.29) is 18.4 Å². The highest BCUT2D eigenvalue weighted by Crippen LogP contribution is 2.32. The third kappa shape index (κ3) is 3.94. The number of thiazole rings is 1. The molecule has 26 heavy (non-hydrogen) atoms. The lowest BCUT2D eigenvalue weighted by atomic mass is 9.98. The van der Waals surface area contributed by atoms with Crippen LogP contribution in [0.3, 0.4) is 0 Å². The van der Waals surface area contributed by atoms with Gasteiger partial charge in [0.1, 0.15) is 11.6 Å². The van der Waals surface area contributed by atoms with Gasteiger partial charge < -0.3 is 24.8 Å². The Morgan fingerprint density at radius 2 is 2.19 bits per heavy atom. The van der Waals surface area contributed by atoms with E-state index in [0.717, 1.165) is 5.01 Å². The molecule has 2 atom stereocenters. The fourth-order valence-electron chi connectivity index (χ4n) is 2.69. The summed E-state index contributed by atoms with van der Waals surface area (Å²) in [5.41, 5.74) is 0.685. The Hall–Kier alpha value is -2.65. The molecule has 0 unspecified atom stereocenters. The van der Waals surface area contributed by atoms with Gasteiger partial charge in [0, 0.05) is 11.6 Å². The van der Waals surface area contributed by atoms with Crippen molar-refractivity contribution in [2.24, 2.45) is 0 Å². The van der Waals surface area contributed by atoms with Crippen molar-refractivity contribution in [1.82, 2.24) is 15.6 Å². The molecule has 1 fully saturated rings. The van der Waals surface area contributed by atoms with E-state index in [1.165, 1.54) is 25.6 Å². The Kier molecular flexibility index (Phi) is 5.69. The van der Waals surface area contributed by atoms with E-state index in [1.54, 1.807) is 24.4 Å². The van der Waals surface area contributed by atoms with Gasteiger partial charge in [-0.2, -0.15) is 0 Å². The Morgan fingerprint density at radius 3 is 2.88 bits per heavy atom. The highest BCUT2D eigenvalue weighted by Gasteiger charge is 2.36. The van der Waals surface area contributed by atoms with Crippen molar-refractivity contribution in [2.45, 2.75) is 18.7 Å². The first-order chi connectivity index (χ1) is 12.6. The number of ether oxygens (including phenoxy) is 3. The largest absolute Gasteiger partial charge is 0.493 e. The molecule has 2 heterocycles. The lowest BCUT2D eigenvalue weighted by Crippen LogP contribution is -2.52. The lowest BCUT2D eigenvalue weighted by molar-refractivity contribution is -0.148. The average molecular weight is 377 g/mol. The summed E-state index contributed by atoms with van der Waals surface area (Å²) in [6, 6.07) is 4.58. The molecule has 9 heteroatoms. The topological polar surface area (TPSA) is 98.8 Å². The number of carbonyl (C=O) groups excluding carboxylic acids is 2. The number of aromatic nitrogens is 1. The Bertz CT molecular complexity index is 781. The van der Waals surface area contributed by atoms with E-state index < -0.39 is 12.1 Å². The van der Waals surface area contributed by atoms with Gasteiger partial charge in [-0.15, -0.1) is 11.3 Å². The molecule has 8 nitrogen and oxygen atoms in total. The summed E-state index contributed by atoms with van der Waals surface area (Å²) in [6.45, 7) is 0.141. The van der Waals surface area contributed by atoms with Crippen LogP contribution in [0.25, 0.3) is 0 Å². The summed E-state index contributed by atoms with van der Waals surface area (Å²) in [5.74, 6) is 0.463. The van der Waals surface area contributed by atoms with Crippen molar-refractivity contribution < 1.29 is 23.8 Å². The Balaban J connectivity index is 1.79. The minimum absolute atomic E-state index is 0.168. The van der Waals surface area contributed by atoms with E-state index in [4.69, 9.17) is 14.2 Å². The molecule has 3 rings (SSSR count). The van der Waals surface area contributed by atoms with Gasteiger partial charge in [-0.3, -0.25) is 9.59 Å². The number of amides is 2. The van der Waals surface area contributed by atoms with E-state index >= 15 is 0 Å². The van der Waals surface area contributed by atoms with Crippen molar-refractivity contribution in [1.29, 1.82) is 0 Å². The molecule has 0 aliphatic carbocycles. The van der Waals surface area contributed by atoms with Crippen molar-refractivity contribution in [3.05, 3.63) is 40.3 Å². The van der Waals surface area contributed by atoms with Gasteiger partial charge in [0.25, 0.3) is 5.91 Å². The minimum atomic E-state index is -0.856. The van der Waals surface area contributed by atoms with Gasteiger partial charge in [-0.25, -0.2) is 4.98 Å². The quantitative estimate of drug-likeness (QED) is 0.780. The standard InChI is InChI=1S/C17H19N3O5S/c1-23-11-4-3-10(7-12(11)24-2)15-16(25-9-13(21)20-15)17(22)19-8-14-18-5-6-26-14/h3-7,15-16H,8-9H2,1-2H3,(H,19,22)(H,20,21)/t15-,16+/m1/s1. The fourth-order valence-corrected chi connectivity index (χ4v) is 3.24. The van der Waals surface area contributed by atoms with Gasteiger partial charge in [0.2, 0.25) is 5.91 Å². The molecule has 1 aromatic heterocycles. The first kappa shape index (κ1) is 18.2. The number of methoxy groups -OCH3 is 2. The molecular weight excluding hydrogens is 358 g/mol. The molecule has 0 saturated carbocycles. The molecule has 0 spiro atoms. The molecule has 1 aliphatic rings. The smallest absolute Gasteiger partial charge is 0.252 e. The highest BCUT2D eigenvalue weighted by molar-refractivity contribution is 7.09. The third-order valence-electron chi connectivity index (χ3n) is 3.94. The van der Waals surface area contributed by atoms with Crippen LogP contribution in [0.1, 0.15) is 16.6 Å². The number of benzene rings is 1. The van der Waals surface area contributed by atoms with Crippen LogP contribution in [0, 0.1) is 0 Å². The molecule has 138 valence electrons. The Labute approximate surface area is 154 Å². The molecule has 0 bridgehead atoms. The van der Waals surface area contributed by atoms with Gasteiger partial charge >= 0.3 is 0 Å². The predicted octanol–water partition coefficient (Wildman–Crippen LogP) is 1.03. The van der Waals surface area contributed by atoms with Crippen LogP contribution < -0.4 is 20.1 Å². The summed E-state index contributed by atoms with van der Waals surface area (Å²) in [7, 11) is 3.06. The van der Waals surface area contributed by atoms with Crippen molar-refractivity contribution >= 4 is 23.2 Å². The van der Waals surface area contributed by atoms with Crippen molar-refractivity contribution in [2.75, 3.05) is 20.8 Å². The van der Waals surface area contributed by atoms with Crippen molar-refractivity contribution in [3.8, 4) is 11.5 Å². The van der Waals surface area contributed by atoms with E-state index in [9.17, 15) is 9.59 Å². The van der Waals surface area contributed by atoms with Crippen molar-refractivity contribution in [3.63, 3.8) is 0 Å². The third-order valence-corrected chi connectivity index (χ3v) is 4.72. The fraction of sp³-hybridized carbons (Fsp3) is 0.353. The first-order valence-electron chi connectivity index (χ1n) is 7.91. The summed E-state index contributed by atoms with van der Waals surface area (Å²) < 4.78 is 16.0. The molecule has 0 radical (unpaired) electrons. The normalized spacial score (nSPS) is 19.5. The van der Waals surface area contributed by atoms with Crippen LogP contribution in [-0.4, -0.2) is 43.7 Å². The van der Waals surface area contributed by atoms with Gasteiger partial charge in [0.05, 0.1) is 26.8 Å². The lowest BCUT2D eigenvalue weighted by Gasteiger charge is -2.32. The van der Waals surface area contributed by atoms with E-state index in [0.29, 0.717) is 23.6 Å². The summed E-state index contributed by atoms with van der Waals surface area (Å²) in [6.07, 6.45) is 0.821. The monoisotopic (exact) mass is 377 g/mol. The van der Waals surface area contributed by atoms with Gasteiger partial charge in [-0.1, -0.05) is 6.07 Å². The number of hydrogen-bond donors (Lipinski definition) is 2. The molecular formula is C17H19N3O5S. The molecule has 1 aromatic carbocycles. The van der Waals surface area contributed by atoms with Crippen LogP contribution in [0.15, 0.2) is 29.8 Å². The second-order valence-corrected chi connectivity index (χ2v) is 6.51. The van der Waals surface area contributed by atoms with Crippen LogP contribution in [-0.2, 0) is 20.9 Å². The Morgan fingerprint density at radius 1 is 1.38 bits per heavy atom. The number of rotatable bonds is 6. The second kappa shape index (κ2) is 8.15. The number of hydrogen-bond acceptors (Lipinski definition) is 7. The van der Waals surface area contributed by atoms with E-state index in [1.807, 2.05) is 5.38 Å². The van der Waals surface area contributed by atoms with Crippen LogP contribution in [0.5, 0.6) is 11.5 Å². The zero-order valence-corrected chi connectivity index (χ0v) is 15.2. The molecule has 1 saturated heterocycles. The number of nitrogens with one attached hydrogen (secondary N) is 2. The van der Waals surface area contributed by atoms with Gasteiger partial charge in [-0.05, 0) is 17.7 Å². The van der Waals surface area contributed by atoms with Gasteiger partial charge in [0.15, 0.2) is 17.6 Å². The molecule has 2 amide bonds. The summed E-state index contributed by atoms with van der Waals surface area (Å²) in [5, 5.41) is 8.24. The SMILES string of the molecule is COc1ccc([C@H]2NC(=O)CO[C@@H]2C(=O)NCc2nccs2)cc1OC. The molecule has 1 aliphatic heterocycles. The highest BCUT2D eigenvalue weighted by atomic mass is 32.1. The summed E-state index contributed by atoms with van der Waals surface area (Å²) >= 11 is 1.45. The predicted molar refractivity (Wildman–Crippen MR) is 94.1 cm³/mol. The average Bonchev–Trinajstić information content (AvgIpc) is 3.19. The number of carbonyl (C=O) groups is 2. The molecule has 2 N–H and O–H groups in total. The second-order valence-electron chi connectivity index (χ2n) is 5.53. The maximum Gasteiger partial charge on any atom is 0.252 e. The summed E-state index contributed by atoms with van der Waals surface area (Å²) in [4.78, 5) is 28.5. The van der Waals surface area contributed by atoms with E-state index in [2.05, 4.69) is 15.6 Å². The number of nitrogens with zero attached hydrogens (tertiary/aromatic N) is 1.